The van der Waals surface area contributed by atoms with Gasteiger partial charge in [0.05, 0.1) is 24.5 Å². The first-order valence-electron chi connectivity index (χ1n) is 48.3. The minimum absolute atomic E-state index is 0. The number of benzene rings is 5. The summed E-state index contributed by atoms with van der Waals surface area (Å²) in [6, 6.07) is 20.6. The molecule has 9 fully saturated rings. The van der Waals surface area contributed by atoms with Crippen LogP contribution in [0.1, 0.15) is 194 Å². The molecule has 810 valence electrons. The average molecular weight is 2240 g/mol. The number of hydrogen-bond donors (Lipinski definition) is 5. The van der Waals surface area contributed by atoms with E-state index in [1.165, 1.54) is 130 Å². The van der Waals surface area contributed by atoms with Gasteiger partial charge in [0.1, 0.15) is 77.8 Å². The number of nitrogens with zero attached hydrogens (tertiary/aromatic N) is 16. The van der Waals surface area contributed by atoms with Crippen LogP contribution in [0.2, 0.25) is 0 Å². The SMILES string of the molecule is C.C.C.C.C.CCN(CC)[C@H]1CCN(C(=O)Oc2cc(F)ccc2/C=C2\SC(N3CCCCN3)=NC2=S)C1.CN(C)C(=O)Oc1cc(F)ccc1/C=C1\SC(N2CCCCN2)=NC1=S.O=C(Oc1cc(F)ccc1/C=C1\SC(N2CCCCN2)=NC1=S)N1CCCC1.O=C(Oc1cc(F)ccc1/C=C1\SC(N2CCCCN2)=NC1=S)N1CCCCC1.O=C1N=C(N2CCCCN2)S/C1=C/c1ccc(F)cc1OC(=O)N1CCCC1=O. The Kier molecular flexibility index (Phi) is 47.7. The number of amidine groups is 5. The molecule has 47 heteroatoms. The van der Waals surface area contributed by atoms with E-state index in [1.807, 2.05) is 37.2 Å². The first-order valence-corrected chi connectivity index (χ1v) is 54.1. The summed E-state index contributed by atoms with van der Waals surface area (Å²) < 4.78 is 96.2. The molecule has 33 nitrogen and oxygen atoms in total. The number of hydrogen-bond acceptors (Lipinski definition) is 32. The van der Waals surface area contributed by atoms with Crippen molar-refractivity contribution in [1.29, 1.82) is 0 Å². The normalized spacial score (nSPS) is 20.4. The van der Waals surface area contributed by atoms with Gasteiger partial charge in [-0.1, -0.05) is 99.9 Å². The van der Waals surface area contributed by atoms with Gasteiger partial charge in [0.25, 0.3) is 5.91 Å². The fourth-order valence-corrected chi connectivity index (χ4v) is 22.6. The maximum absolute atomic E-state index is 14.0. The van der Waals surface area contributed by atoms with Crippen molar-refractivity contribution < 1.29 is 79.2 Å². The van der Waals surface area contributed by atoms with Crippen molar-refractivity contribution in [2.24, 2.45) is 25.0 Å². The third-order valence-electron chi connectivity index (χ3n) is 24.4. The number of likely N-dealkylation sites (N-methyl/N-ethyl adjacent to an activating group) is 1. The fraction of sp³-hybridized carbons (Fsp3) is 0.456. The Labute approximate surface area is 917 Å². The van der Waals surface area contributed by atoms with Crippen LogP contribution in [0.5, 0.6) is 28.7 Å². The number of halogens is 5. The minimum atomic E-state index is -0.849. The summed E-state index contributed by atoms with van der Waals surface area (Å²) in [7, 11) is 3.13. The molecule has 19 rings (SSSR count). The van der Waals surface area contributed by atoms with Crippen LogP contribution < -0.4 is 50.8 Å². The maximum Gasteiger partial charge on any atom is 0.422 e. The predicted octanol–water partition coefficient (Wildman–Crippen LogP) is 21.0. The van der Waals surface area contributed by atoms with Crippen LogP contribution in [-0.2, 0) is 9.59 Å². The number of carbonyl (C=O) groups excluding carboxylic acids is 7. The summed E-state index contributed by atoms with van der Waals surface area (Å²) >= 11 is 28.7. The lowest BCUT2D eigenvalue weighted by molar-refractivity contribution is -0.125. The predicted molar refractivity (Wildman–Crippen MR) is 610 cm³/mol. The van der Waals surface area contributed by atoms with Crippen LogP contribution in [0.3, 0.4) is 0 Å². The monoisotopic (exact) mass is 2240 g/mol. The molecule has 150 heavy (non-hydrogen) atoms. The molecule has 14 heterocycles. The summed E-state index contributed by atoms with van der Waals surface area (Å²) in [6.45, 7) is 19.1. The van der Waals surface area contributed by atoms with Crippen molar-refractivity contribution in [3.05, 3.63) is 172 Å². The van der Waals surface area contributed by atoms with Crippen molar-refractivity contribution in [2.45, 2.75) is 173 Å². The smallest absolute Gasteiger partial charge is 0.409 e. The van der Waals surface area contributed by atoms with E-state index in [1.54, 1.807) is 65.2 Å². The second-order valence-corrected chi connectivity index (χ2v) is 41.6. The molecule has 0 spiro atoms. The quantitative estimate of drug-likeness (QED) is 0.0415. The van der Waals surface area contributed by atoms with Crippen molar-refractivity contribution in [3.63, 3.8) is 0 Å². The Bertz CT molecular complexity index is 6050. The molecule has 7 amide bonds. The van der Waals surface area contributed by atoms with Gasteiger partial charge in [-0.05, 0) is 272 Å². The maximum atomic E-state index is 14.0. The molecular weight excluding hydrogens is 2110 g/mol. The summed E-state index contributed by atoms with van der Waals surface area (Å²) in [5, 5.41) is 13.7. The Hall–Kier alpha value is -10.6. The molecule has 5 aromatic carbocycles. The van der Waals surface area contributed by atoms with Crippen LogP contribution in [0.25, 0.3) is 30.4 Å². The lowest BCUT2D eigenvalue weighted by atomic mass is 10.1. The number of aliphatic imine (C=N–C) groups is 5. The molecule has 14 aliphatic heterocycles. The molecule has 1 atom stereocenters. The zero-order valence-corrected chi connectivity index (χ0v) is 87.8. The molecule has 0 saturated carbocycles. The Balaban J connectivity index is 0.000000190. The first kappa shape index (κ1) is 121. The van der Waals surface area contributed by atoms with Gasteiger partial charge < -0.3 is 43.3 Å². The number of thioether (sulfide) groups is 5. The molecular formula is C103H132F5N21O12S9. The van der Waals surface area contributed by atoms with Crippen LogP contribution >= 0.6 is 108 Å². The van der Waals surface area contributed by atoms with E-state index in [-0.39, 0.29) is 84.8 Å². The number of imide groups is 1. The highest BCUT2D eigenvalue weighted by Crippen LogP contribution is 2.41. The largest absolute Gasteiger partial charge is 0.422 e. The summed E-state index contributed by atoms with van der Waals surface area (Å²) in [5.41, 5.74) is 19.2. The second kappa shape index (κ2) is 59.0. The van der Waals surface area contributed by atoms with Gasteiger partial charge in [0.15, 0.2) is 25.8 Å². The summed E-state index contributed by atoms with van der Waals surface area (Å²) in [4.78, 5) is 123. The number of likely N-dealkylation sites (tertiary alicyclic amines) is 4. The number of hydrazine groups is 5. The van der Waals surface area contributed by atoms with E-state index < -0.39 is 65.5 Å². The Morgan fingerprint density at radius 1 is 0.360 bits per heavy atom. The van der Waals surface area contributed by atoms with E-state index in [2.05, 4.69) is 70.8 Å². The highest BCUT2D eigenvalue weighted by atomic mass is 32.2. The third-order valence-corrected chi connectivity index (χ3v) is 31.3. The zero-order valence-electron chi connectivity index (χ0n) is 80.4. The minimum Gasteiger partial charge on any atom is -0.409 e. The molecule has 0 unspecified atom stereocenters. The second-order valence-electron chi connectivity index (χ2n) is 35.0. The van der Waals surface area contributed by atoms with Gasteiger partial charge in [-0.25, -0.2) is 97.9 Å². The Morgan fingerprint density at radius 3 is 0.933 bits per heavy atom. The van der Waals surface area contributed by atoms with Gasteiger partial charge in [0.2, 0.25) is 5.91 Å². The molecule has 0 bridgehead atoms. The standard InChI is InChI=1S/C23H30FN5O2S2.C20H23FN4O2S2.C19H19FN4O4S.C19H21FN4O2S2.C17H19FN4O2S2.5CH4/c1-3-27(4-2)18-9-12-28(15-18)23(30)31-19-14-17(24)8-7-16(19)13-20-21(32)26-22(33-20)29-11-6-5-10-25-29;21-15-7-6-14(16(13-15)27-20(26)24-9-3-1-4-10-24)12-17-18(28)23-19(29-17)25-11-5-2-8-22-25;20-13-6-5-12(14(11-13)28-19(27)23-8-3-4-16(23)25)10-15-17(26)22-18(29-15)24-9-2-1-7-21-24;20-14-6-5-13(15(12-14)26-19(25)23-8-3-4-9-23)11-16-17(27)22-18(28-16)24-10-2-1-7-21-24;1-21(2)17(23)24-13-10-12(18)6-5-11(13)9-14-15(25)20-16(26-14)22-8-4-3-7-19-22;;;;;/h7-8,13-14,18,25H,3-6,9-12,15H2,1-2H3;6-7,12-13,22H,1-5,8-11H2;5-6,10-11,21H,1-4,7-9H2;5-6,11-12,21H,1-4,7-10H2;5-6,9-10,19H,3-4,7-8H2,1-2H3;5*1H4/b20-13-;17-12-;15-10+;16-11-;14-9-;;;;;/t18-;;;;;;;;;/m0........./s1. The summed E-state index contributed by atoms with van der Waals surface area (Å²) in [5.74, 6) is -2.51. The third kappa shape index (κ3) is 33.4. The van der Waals surface area contributed by atoms with E-state index in [4.69, 9.17) is 72.6 Å². The molecule has 0 aromatic heterocycles. The number of thiocarbonyl (C=S) groups is 4. The van der Waals surface area contributed by atoms with E-state index in [9.17, 15) is 55.5 Å². The lowest BCUT2D eigenvalue weighted by Crippen LogP contribution is -2.45. The van der Waals surface area contributed by atoms with Gasteiger partial charge in [-0.2, -0.15) is 4.99 Å². The van der Waals surface area contributed by atoms with Gasteiger partial charge in [0, 0.05) is 196 Å². The average Bonchev–Trinajstić information content (AvgIpc) is 1.79. The van der Waals surface area contributed by atoms with Crippen molar-refractivity contribution in [2.75, 3.05) is 138 Å². The van der Waals surface area contributed by atoms with E-state index >= 15 is 0 Å². The van der Waals surface area contributed by atoms with Crippen LogP contribution in [0.4, 0.5) is 45.9 Å². The Morgan fingerprint density at radius 2 is 0.640 bits per heavy atom. The highest BCUT2D eigenvalue weighted by Gasteiger charge is 2.37. The van der Waals surface area contributed by atoms with Crippen LogP contribution in [-0.4, -0.2) is 287 Å². The van der Waals surface area contributed by atoms with Crippen molar-refractivity contribution in [3.8, 4) is 28.7 Å². The topological polar surface area (TPSA) is 323 Å². The van der Waals surface area contributed by atoms with Gasteiger partial charge >= 0.3 is 30.5 Å². The summed E-state index contributed by atoms with van der Waals surface area (Å²) in [6.07, 6.45) is 23.7. The number of amides is 7. The fourth-order valence-electron chi connectivity index (χ4n) is 16.7. The molecule has 0 aliphatic carbocycles. The zero-order chi connectivity index (χ0) is 102. The number of rotatable bonds is 13. The number of carbonyl (C=O) groups is 7. The molecule has 5 aromatic rings. The van der Waals surface area contributed by atoms with E-state index in [0.717, 1.165) is 233 Å². The van der Waals surface area contributed by atoms with Crippen LogP contribution in [0, 0.1) is 29.1 Å². The van der Waals surface area contributed by atoms with Crippen LogP contribution in [0.15, 0.2) is 140 Å². The number of ether oxygens (including phenoxy) is 5. The van der Waals surface area contributed by atoms with E-state index in [0.29, 0.717) is 110 Å². The molecule has 9 saturated heterocycles. The first-order chi connectivity index (χ1) is 70.1. The number of nitrogens with one attached hydrogen (secondary N) is 5. The molecule has 14 aliphatic rings. The molecule has 0 radical (unpaired) electrons. The van der Waals surface area contributed by atoms with Gasteiger partial charge in [-0.15, -0.1) is 0 Å². The molecule has 5 N–H and O–H groups in total. The highest BCUT2D eigenvalue weighted by molar-refractivity contribution is 8.20. The van der Waals surface area contributed by atoms with Crippen molar-refractivity contribution >= 4 is 226 Å². The van der Waals surface area contributed by atoms with Crippen molar-refractivity contribution in [1.82, 2.24) is 81.6 Å². The number of piperidine rings is 1. The lowest BCUT2D eigenvalue weighted by Gasteiger charge is -2.28. The van der Waals surface area contributed by atoms with Gasteiger partial charge in [-0.3, -0.25) is 39.5 Å².